The van der Waals surface area contributed by atoms with Gasteiger partial charge in [0.05, 0.1) is 0 Å². The average molecular weight is 467 g/mol. The topological polar surface area (TPSA) is 57.5 Å². The van der Waals surface area contributed by atoms with Crippen LogP contribution in [0.1, 0.15) is 90.2 Å². The van der Waals surface area contributed by atoms with E-state index in [1.807, 2.05) is 12.1 Å². The van der Waals surface area contributed by atoms with Crippen LogP contribution in [0.5, 0.6) is 0 Å². The minimum Gasteiger partial charge on any atom is -0.396 e. The maximum Gasteiger partial charge on any atom is 0.132 e. The number of carbonyl (C=O) groups excluding carboxylic acids is 1. The van der Waals surface area contributed by atoms with E-state index in [0.717, 1.165) is 38.5 Å². The molecule has 34 heavy (non-hydrogen) atoms. The fraction of sp³-hybridized carbons (Fsp3) is 0.581. The van der Waals surface area contributed by atoms with Crippen molar-refractivity contribution in [2.24, 2.45) is 11.8 Å². The molecule has 2 aromatic carbocycles. The van der Waals surface area contributed by atoms with E-state index in [-0.39, 0.29) is 35.9 Å². The van der Waals surface area contributed by atoms with Crippen molar-refractivity contribution >= 4 is 5.78 Å². The normalized spacial score (nSPS) is 16.9. The molecule has 0 aliphatic heterocycles. The molecule has 2 rings (SSSR count). The van der Waals surface area contributed by atoms with E-state index in [1.165, 1.54) is 11.1 Å². The highest BCUT2D eigenvalue weighted by Crippen LogP contribution is 2.38. The Kier molecular flexibility index (Phi) is 11.5. The molecule has 0 aliphatic rings. The lowest BCUT2D eigenvalue weighted by Gasteiger charge is -2.36. The fourth-order valence-corrected chi connectivity index (χ4v) is 5.15. The van der Waals surface area contributed by atoms with E-state index in [0.29, 0.717) is 18.6 Å². The van der Waals surface area contributed by atoms with Gasteiger partial charge in [0, 0.05) is 26.1 Å². The predicted molar refractivity (Wildman–Crippen MR) is 142 cm³/mol. The van der Waals surface area contributed by atoms with Gasteiger partial charge in [0.15, 0.2) is 0 Å². The largest absolute Gasteiger partial charge is 0.396 e. The van der Waals surface area contributed by atoms with Crippen LogP contribution in [0.2, 0.25) is 0 Å². The fourth-order valence-electron chi connectivity index (χ4n) is 5.15. The van der Waals surface area contributed by atoms with E-state index in [1.54, 1.807) is 0 Å². The SMILES string of the molecule is CC(CO)C(C)(CCCCC(=O)CCCCC(C)(c1ccccc1)C(C)CO)c1ccccc1. The molecule has 0 amide bonds. The second-order valence-corrected chi connectivity index (χ2v) is 10.7. The molecule has 0 aliphatic carbocycles. The van der Waals surface area contributed by atoms with Gasteiger partial charge in [0.2, 0.25) is 0 Å². The van der Waals surface area contributed by atoms with Crippen LogP contribution in [-0.2, 0) is 15.6 Å². The number of Topliss-reactive ketones (excluding diaryl/α,β-unsaturated/α-hetero) is 1. The number of rotatable bonds is 16. The van der Waals surface area contributed by atoms with Crippen molar-refractivity contribution in [3.8, 4) is 0 Å². The Balaban J connectivity index is 1.78. The first-order chi connectivity index (χ1) is 16.3. The molecule has 4 atom stereocenters. The van der Waals surface area contributed by atoms with E-state index in [4.69, 9.17) is 0 Å². The lowest BCUT2D eigenvalue weighted by molar-refractivity contribution is -0.119. The summed E-state index contributed by atoms with van der Waals surface area (Å²) in [4.78, 5) is 12.5. The minimum absolute atomic E-state index is 0.0790. The summed E-state index contributed by atoms with van der Waals surface area (Å²) in [5.41, 5.74) is 2.37. The number of hydrogen-bond donors (Lipinski definition) is 2. The summed E-state index contributed by atoms with van der Waals surface area (Å²) < 4.78 is 0. The maximum absolute atomic E-state index is 12.5. The van der Waals surface area contributed by atoms with Gasteiger partial charge in [-0.1, -0.05) is 101 Å². The van der Waals surface area contributed by atoms with Gasteiger partial charge in [0.25, 0.3) is 0 Å². The molecule has 4 unspecified atom stereocenters. The monoisotopic (exact) mass is 466 g/mol. The van der Waals surface area contributed by atoms with Crippen LogP contribution in [0.3, 0.4) is 0 Å². The zero-order chi connectivity index (χ0) is 25.0. The minimum atomic E-state index is -0.0790. The Morgan fingerprint density at radius 2 is 1.03 bits per heavy atom. The van der Waals surface area contributed by atoms with E-state index in [2.05, 4.69) is 76.2 Å². The molecular formula is C31H46O3. The van der Waals surface area contributed by atoms with E-state index < -0.39 is 0 Å². The molecule has 0 saturated carbocycles. The first-order valence-corrected chi connectivity index (χ1v) is 13.1. The Bertz CT molecular complexity index is 765. The number of aliphatic hydroxyl groups excluding tert-OH is 2. The molecule has 0 radical (unpaired) electrons. The summed E-state index contributed by atoms with van der Waals surface area (Å²) in [6, 6.07) is 20.9. The Morgan fingerprint density at radius 3 is 1.35 bits per heavy atom. The number of hydrogen-bond acceptors (Lipinski definition) is 3. The molecule has 0 saturated heterocycles. The van der Waals surface area contributed by atoms with Gasteiger partial charge in [-0.3, -0.25) is 4.79 Å². The Morgan fingerprint density at radius 1 is 0.676 bits per heavy atom. The second kappa shape index (κ2) is 13.8. The third kappa shape index (κ3) is 7.52. The van der Waals surface area contributed by atoms with Crippen LogP contribution in [0, 0.1) is 11.8 Å². The van der Waals surface area contributed by atoms with Gasteiger partial charge in [0.1, 0.15) is 5.78 Å². The van der Waals surface area contributed by atoms with Crippen LogP contribution in [0.25, 0.3) is 0 Å². The summed E-state index contributed by atoms with van der Waals surface area (Å²) in [5.74, 6) is 0.699. The van der Waals surface area contributed by atoms with Gasteiger partial charge >= 0.3 is 0 Å². The lowest BCUT2D eigenvalue weighted by atomic mass is 9.69. The van der Waals surface area contributed by atoms with Gasteiger partial charge < -0.3 is 10.2 Å². The van der Waals surface area contributed by atoms with Gasteiger partial charge in [-0.25, -0.2) is 0 Å². The maximum atomic E-state index is 12.5. The average Bonchev–Trinajstić information content (AvgIpc) is 2.88. The number of benzene rings is 2. The highest BCUT2D eigenvalue weighted by Gasteiger charge is 2.33. The molecule has 0 fully saturated rings. The molecule has 0 spiro atoms. The standard InChI is InChI=1S/C31H46O3/c1-25(23-32)30(3,27-15-7-5-8-16-27)21-13-11-19-29(34)20-12-14-22-31(4,26(2)24-33)28-17-9-6-10-18-28/h5-10,15-18,25-26,32-33H,11-14,19-24H2,1-4H3. The van der Waals surface area contributed by atoms with Gasteiger partial charge in [-0.15, -0.1) is 0 Å². The molecule has 0 aromatic heterocycles. The lowest BCUT2D eigenvalue weighted by Crippen LogP contribution is -2.32. The summed E-state index contributed by atoms with van der Waals surface area (Å²) in [6.45, 7) is 9.03. The van der Waals surface area contributed by atoms with Gasteiger partial charge in [-0.05, 0) is 59.5 Å². The third-order valence-corrected chi connectivity index (χ3v) is 8.39. The number of ketones is 1. The van der Waals surface area contributed by atoms with Crippen molar-refractivity contribution in [1.29, 1.82) is 0 Å². The van der Waals surface area contributed by atoms with Crippen molar-refractivity contribution < 1.29 is 15.0 Å². The third-order valence-electron chi connectivity index (χ3n) is 8.39. The summed E-state index contributed by atoms with van der Waals surface area (Å²) in [6.07, 6.45) is 7.01. The first kappa shape index (κ1) is 28.3. The van der Waals surface area contributed by atoms with Crippen molar-refractivity contribution in [3.05, 3.63) is 71.8 Å². The Hall–Kier alpha value is -1.97. The smallest absolute Gasteiger partial charge is 0.132 e. The quantitative estimate of drug-likeness (QED) is 0.266. The van der Waals surface area contributed by atoms with E-state index in [9.17, 15) is 15.0 Å². The zero-order valence-electron chi connectivity index (χ0n) is 21.8. The Labute approximate surface area is 207 Å². The molecule has 0 heterocycles. The highest BCUT2D eigenvalue weighted by atomic mass is 16.3. The van der Waals surface area contributed by atoms with Crippen molar-refractivity contribution in [3.63, 3.8) is 0 Å². The molecule has 2 aromatic rings. The number of unbranched alkanes of at least 4 members (excludes halogenated alkanes) is 2. The van der Waals surface area contributed by atoms with Crippen molar-refractivity contribution in [2.75, 3.05) is 13.2 Å². The number of carbonyl (C=O) groups is 1. The van der Waals surface area contributed by atoms with Crippen LogP contribution in [0.15, 0.2) is 60.7 Å². The number of aliphatic hydroxyl groups is 2. The van der Waals surface area contributed by atoms with Crippen LogP contribution in [-0.4, -0.2) is 29.2 Å². The summed E-state index contributed by atoms with van der Waals surface area (Å²) in [5, 5.41) is 19.6. The predicted octanol–water partition coefficient (Wildman–Crippen LogP) is 6.85. The molecular weight excluding hydrogens is 420 g/mol. The van der Waals surface area contributed by atoms with Crippen LogP contribution >= 0.6 is 0 Å². The summed E-state index contributed by atoms with van der Waals surface area (Å²) in [7, 11) is 0. The van der Waals surface area contributed by atoms with Crippen LogP contribution in [0.4, 0.5) is 0 Å². The van der Waals surface area contributed by atoms with Gasteiger partial charge in [-0.2, -0.15) is 0 Å². The molecule has 2 N–H and O–H groups in total. The molecule has 3 nitrogen and oxygen atoms in total. The molecule has 188 valence electrons. The van der Waals surface area contributed by atoms with Crippen LogP contribution < -0.4 is 0 Å². The highest BCUT2D eigenvalue weighted by molar-refractivity contribution is 5.78. The first-order valence-electron chi connectivity index (χ1n) is 13.1. The molecule has 3 heteroatoms. The zero-order valence-corrected chi connectivity index (χ0v) is 21.8. The molecule has 0 bridgehead atoms. The van der Waals surface area contributed by atoms with E-state index >= 15 is 0 Å². The summed E-state index contributed by atoms with van der Waals surface area (Å²) >= 11 is 0. The van der Waals surface area contributed by atoms with Crippen molar-refractivity contribution in [1.82, 2.24) is 0 Å². The van der Waals surface area contributed by atoms with Crippen molar-refractivity contribution in [2.45, 2.75) is 89.9 Å². The second-order valence-electron chi connectivity index (χ2n) is 10.7.